The Morgan fingerprint density at radius 2 is 2.24 bits per heavy atom. The molecule has 1 atom stereocenters. The summed E-state index contributed by atoms with van der Waals surface area (Å²) in [6.45, 7) is 2.48. The number of aryl methyl sites for hydroxylation is 1. The molecule has 21 heavy (non-hydrogen) atoms. The maximum Gasteiger partial charge on any atom is 0.223 e. The van der Waals surface area contributed by atoms with Gasteiger partial charge in [0.1, 0.15) is 11.9 Å². The van der Waals surface area contributed by atoms with Crippen molar-refractivity contribution < 1.29 is 4.79 Å². The largest absolute Gasteiger partial charge is 0.336 e. The first-order valence-electron chi connectivity index (χ1n) is 8.23. The van der Waals surface area contributed by atoms with E-state index in [-0.39, 0.29) is 6.04 Å². The van der Waals surface area contributed by atoms with Crippen molar-refractivity contribution in [2.75, 3.05) is 19.6 Å². The van der Waals surface area contributed by atoms with Gasteiger partial charge in [0, 0.05) is 45.5 Å². The summed E-state index contributed by atoms with van der Waals surface area (Å²) in [5, 5.41) is 3.39. The molecule has 1 aliphatic heterocycles. The normalized spacial score (nSPS) is 23.7. The number of hydrogen-bond acceptors (Lipinski definition) is 3. The van der Waals surface area contributed by atoms with E-state index in [9.17, 15) is 4.79 Å². The van der Waals surface area contributed by atoms with Gasteiger partial charge in [-0.3, -0.25) is 4.79 Å². The molecule has 0 spiro atoms. The molecule has 1 N–H and O–H groups in total. The van der Waals surface area contributed by atoms with Crippen molar-refractivity contribution >= 4 is 5.91 Å². The average molecular weight is 290 g/mol. The molecule has 116 valence electrons. The second-order valence-corrected chi connectivity index (χ2v) is 6.39. The number of nitrogens with zero attached hydrogens (tertiary/aromatic N) is 3. The molecule has 2 aliphatic rings. The zero-order chi connectivity index (χ0) is 14.7. The molecule has 3 rings (SSSR count). The molecule has 2 heterocycles. The topological polar surface area (TPSA) is 50.2 Å². The standard InChI is InChI=1S/C16H26N4O/c1-19-10-9-18-16(19)14-12-17-8-11-20(14)15(21)7-6-13-4-2-3-5-13/h9-10,13-14,17H,2-8,11-12H2,1H3. The summed E-state index contributed by atoms with van der Waals surface area (Å²) in [6.07, 6.45) is 10.9. The van der Waals surface area contributed by atoms with Gasteiger partial charge in [-0.25, -0.2) is 4.98 Å². The Bertz CT molecular complexity index is 478. The summed E-state index contributed by atoms with van der Waals surface area (Å²) in [7, 11) is 2.00. The number of carbonyl (C=O) groups excluding carboxylic acids is 1. The smallest absolute Gasteiger partial charge is 0.223 e. The molecule has 1 aromatic rings. The maximum atomic E-state index is 12.6. The number of aromatic nitrogens is 2. The number of amides is 1. The molecule has 5 nitrogen and oxygen atoms in total. The van der Waals surface area contributed by atoms with Crippen LogP contribution in [0.4, 0.5) is 0 Å². The van der Waals surface area contributed by atoms with Crippen LogP contribution in [0.25, 0.3) is 0 Å². The molecular weight excluding hydrogens is 264 g/mol. The molecule has 1 aromatic heterocycles. The fourth-order valence-corrected chi connectivity index (χ4v) is 3.70. The van der Waals surface area contributed by atoms with Crippen LogP contribution in [0.3, 0.4) is 0 Å². The van der Waals surface area contributed by atoms with Gasteiger partial charge in [-0.15, -0.1) is 0 Å². The first-order chi connectivity index (χ1) is 10.3. The number of rotatable bonds is 4. The molecular formula is C16H26N4O. The van der Waals surface area contributed by atoms with Gasteiger partial charge in [0.2, 0.25) is 5.91 Å². The van der Waals surface area contributed by atoms with Crippen LogP contribution >= 0.6 is 0 Å². The molecule has 1 aliphatic carbocycles. The summed E-state index contributed by atoms with van der Waals surface area (Å²) >= 11 is 0. The second kappa shape index (κ2) is 6.60. The second-order valence-electron chi connectivity index (χ2n) is 6.39. The number of carbonyl (C=O) groups is 1. The van der Waals surface area contributed by atoms with Crippen LogP contribution in [-0.4, -0.2) is 40.0 Å². The molecule has 1 saturated carbocycles. The Balaban J connectivity index is 1.63. The predicted molar refractivity (Wildman–Crippen MR) is 81.7 cm³/mol. The average Bonchev–Trinajstić information content (AvgIpc) is 3.16. The van der Waals surface area contributed by atoms with Crippen LogP contribution in [0.5, 0.6) is 0 Å². The minimum Gasteiger partial charge on any atom is -0.336 e. The van der Waals surface area contributed by atoms with E-state index in [1.54, 1.807) is 0 Å². The van der Waals surface area contributed by atoms with E-state index in [4.69, 9.17) is 0 Å². The Labute approximate surface area is 126 Å². The molecule has 1 amide bonds. The third kappa shape index (κ3) is 3.28. The van der Waals surface area contributed by atoms with Crippen molar-refractivity contribution in [2.24, 2.45) is 13.0 Å². The van der Waals surface area contributed by atoms with Crippen LogP contribution in [0, 0.1) is 5.92 Å². The quantitative estimate of drug-likeness (QED) is 0.921. The lowest BCUT2D eigenvalue weighted by atomic mass is 10.0. The van der Waals surface area contributed by atoms with Gasteiger partial charge in [-0.05, 0) is 12.3 Å². The Hall–Kier alpha value is -1.36. The van der Waals surface area contributed by atoms with E-state index in [0.29, 0.717) is 12.3 Å². The summed E-state index contributed by atoms with van der Waals surface area (Å²) in [5.41, 5.74) is 0. The van der Waals surface area contributed by atoms with Gasteiger partial charge < -0.3 is 14.8 Å². The zero-order valence-electron chi connectivity index (χ0n) is 12.9. The molecule has 0 aromatic carbocycles. The van der Waals surface area contributed by atoms with Crippen LogP contribution < -0.4 is 5.32 Å². The third-order valence-electron chi connectivity index (χ3n) is 4.96. The lowest BCUT2D eigenvalue weighted by molar-refractivity contribution is -0.135. The Morgan fingerprint density at radius 1 is 1.43 bits per heavy atom. The van der Waals surface area contributed by atoms with Crippen LogP contribution in [0.2, 0.25) is 0 Å². The van der Waals surface area contributed by atoms with E-state index in [2.05, 4.69) is 10.3 Å². The summed E-state index contributed by atoms with van der Waals surface area (Å²) in [6, 6.07) is 0.0785. The Kier molecular flexibility index (Phi) is 4.58. The SMILES string of the molecule is Cn1ccnc1C1CNCCN1C(=O)CCC1CCCC1. The summed E-state index contributed by atoms with van der Waals surface area (Å²) in [5.74, 6) is 2.07. The Morgan fingerprint density at radius 3 is 2.95 bits per heavy atom. The van der Waals surface area contributed by atoms with Crippen LogP contribution in [0.1, 0.15) is 50.4 Å². The molecule has 0 bridgehead atoms. The van der Waals surface area contributed by atoms with E-state index in [0.717, 1.165) is 37.8 Å². The van der Waals surface area contributed by atoms with Crippen molar-refractivity contribution in [3.63, 3.8) is 0 Å². The minimum absolute atomic E-state index is 0.0785. The highest BCUT2D eigenvalue weighted by Gasteiger charge is 2.30. The molecule has 0 radical (unpaired) electrons. The zero-order valence-corrected chi connectivity index (χ0v) is 12.9. The fraction of sp³-hybridized carbons (Fsp3) is 0.750. The molecule has 2 fully saturated rings. The van der Waals surface area contributed by atoms with Gasteiger partial charge in [0.25, 0.3) is 0 Å². The minimum atomic E-state index is 0.0785. The fourth-order valence-electron chi connectivity index (χ4n) is 3.70. The third-order valence-corrected chi connectivity index (χ3v) is 4.96. The molecule has 1 saturated heterocycles. The van der Waals surface area contributed by atoms with Gasteiger partial charge in [-0.2, -0.15) is 0 Å². The first kappa shape index (κ1) is 14.6. The van der Waals surface area contributed by atoms with Crippen molar-refractivity contribution in [3.8, 4) is 0 Å². The number of piperazine rings is 1. The molecule has 1 unspecified atom stereocenters. The van der Waals surface area contributed by atoms with Crippen molar-refractivity contribution in [3.05, 3.63) is 18.2 Å². The van der Waals surface area contributed by atoms with E-state index in [1.165, 1.54) is 25.7 Å². The van der Waals surface area contributed by atoms with Gasteiger partial charge in [0.15, 0.2) is 0 Å². The monoisotopic (exact) mass is 290 g/mol. The van der Waals surface area contributed by atoms with Crippen LogP contribution in [0.15, 0.2) is 12.4 Å². The first-order valence-corrected chi connectivity index (χ1v) is 8.23. The van der Waals surface area contributed by atoms with Crippen molar-refractivity contribution in [1.82, 2.24) is 19.8 Å². The van der Waals surface area contributed by atoms with Gasteiger partial charge in [-0.1, -0.05) is 25.7 Å². The highest BCUT2D eigenvalue weighted by atomic mass is 16.2. The number of imidazole rings is 1. The van der Waals surface area contributed by atoms with Crippen molar-refractivity contribution in [2.45, 2.75) is 44.6 Å². The summed E-state index contributed by atoms with van der Waals surface area (Å²) in [4.78, 5) is 19.1. The van der Waals surface area contributed by atoms with E-state index < -0.39 is 0 Å². The van der Waals surface area contributed by atoms with Gasteiger partial charge >= 0.3 is 0 Å². The van der Waals surface area contributed by atoms with E-state index >= 15 is 0 Å². The lowest BCUT2D eigenvalue weighted by Gasteiger charge is -2.36. The van der Waals surface area contributed by atoms with Crippen LogP contribution in [-0.2, 0) is 11.8 Å². The number of hydrogen-bond donors (Lipinski definition) is 1. The van der Waals surface area contributed by atoms with Gasteiger partial charge in [0.05, 0.1) is 0 Å². The highest BCUT2D eigenvalue weighted by molar-refractivity contribution is 5.76. The highest BCUT2D eigenvalue weighted by Crippen LogP contribution is 2.29. The van der Waals surface area contributed by atoms with Crippen molar-refractivity contribution in [1.29, 1.82) is 0 Å². The van der Waals surface area contributed by atoms with E-state index in [1.807, 2.05) is 28.9 Å². The maximum absolute atomic E-state index is 12.6. The predicted octanol–water partition coefficient (Wildman–Crippen LogP) is 1.86. The summed E-state index contributed by atoms with van der Waals surface area (Å²) < 4.78 is 2.02. The lowest BCUT2D eigenvalue weighted by Crippen LogP contribution is -2.49. The molecule has 5 heteroatoms. The number of nitrogens with one attached hydrogen (secondary N) is 1.